The van der Waals surface area contributed by atoms with Crippen molar-refractivity contribution in [3.05, 3.63) is 0 Å². The lowest BCUT2D eigenvalue weighted by atomic mass is 10.1. The van der Waals surface area contributed by atoms with Gasteiger partial charge in [-0.25, -0.2) is 0 Å². The summed E-state index contributed by atoms with van der Waals surface area (Å²) in [6.45, 7) is 0.141. The third-order valence-corrected chi connectivity index (χ3v) is 4.51. The van der Waals surface area contributed by atoms with Gasteiger partial charge in [0, 0.05) is 18.8 Å². The first-order valence-electron chi connectivity index (χ1n) is 9.71. The first kappa shape index (κ1) is 24.7. The van der Waals surface area contributed by atoms with E-state index in [1.165, 1.54) is 0 Å². The van der Waals surface area contributed by atoms with E-state index >= 15 is 0 Å². The molecule has 0 aliphatic heterocycles. The second-order valence-corrected chi connectivity index (χ2v) is 7.01. The van der Waals surface area contributed by atoms with Crippen LogP contribution in [0.15, 0.2) is 0 Å². The molecule has 10 heteroatoms. The lowest BCUT2D eigenvalue weighted by Gasteiger charge is -2.18. The summed E-state index contributed by atoms with van der Waals surface area (Å²) in [6, 6.07) is -1.30. The van der Waals surface area contributed by atoms with Crippen LogP contribution in [0.3, 0.4) is 0 Å². The number of amides is 2. The zero-order chi connectivity index (χ0) is 20.8. The lowest BCUT2D eigenvalue weighted by molar-refractivity contribution is -0.124. The van der Waals surface area contributed by atoms with Crippen molar-refractivity contribution in [2.75, 3.05) is 52.9 Å². The molecule has 28 heavy (non-hydrogen) atoms. The Hall–Kier alpha value is -1.30. The highest BCUT2D eigenvalue weighted by molar-refractivity contribution is 5.76. The van der Waals surface area contributed by atoms with E-state index < -0.39 is 12.1 Å². The van der Waals surface area contributed by atoms with Crippen LogP contribution in [0.1, 0.15) is 25.7 Å². The molecule has 0 spiro atoms. The fourth-order valence-electron chi connectivity index (χ4n) is 2.58. The van der Waals surface area contributed by atoms with Crippen LogP contribution < -0.4 is 10.6 Å². The van der Waals surface area contributed by atoms with Crippen LogP contribution in [-0.2, 0) is 19.1 Å². The third-order valence-electron chi connectivity index (χ3n) is 4.51. The molecule has 0 radical (unpaired) electrons. The fraction of sp³-hybridized carbons (Fsp3) is 0.889. The number of nitrogens with one attached hydrogen (secondary N) is 2. The molecular weight excluding hydrogens is 372 g/mol. The standard InChI is InChI=1S/C18H34N2O8/c21-7-15(8-22)19-17(25)3-5-27-11-14(13-1-2-13)12-28-6-4-18(26)20-16(9-23)10-24/h13-16,21-24H,1-12H2,(H,19,25)(H,20,26). The molecule has 2 amide bonds. The van der Waals surface area contributed by atoms with Gasteiger partial charge in [-0.1, -0.05) is 0 Å². The van der Waals surface area contributed by atoms with E-state index in [-0.39, 0.29) is 70.2 Å². The molecule has 0 bridgehead atoms. The van der Waals surface area contributed by atoms with Gasteiger partial charge in [0.25, 0.3) is 0 Å². The third kappa shape index (κ3) is 10.9. The van der Waals surface area contributed by atoms with Crippen molar-refractivity contribution in [3.63, 3.8) is 0 Å². The molecule has 1 aliphatic rings. The molecule has 6 N–H and O–H groups in total. The Bertz CT molecular complexity index is 405. The average Bonchev–Trinajstić information content (AvgIpc) is 3.54. The van der Waals surface area contributed by atoms with Crippen LogP contribution in [0, 0.1) is 11.8 Å². The number of ether oxygens (including phenoxy) is 2. The number of carbonyl (C=O) groups is 2. The van der Waals surface area contributed by atoms with Gasteiger partial charge in [-0.15, -0.1) is 0 Å². The highest BCUT2D eigenvalue weighted by Gasteiger charge is 2.31. The van der Waals surface area contributed by atoms with E-state index in [1.54, 1.807) is 0 Å². The van der Waals surface area contributed by atoms with Gasteiger partial charge in [-0.3, -0.25) is 9.59 Å². The number of hydrogen-bond acceptors (Lipinski definition) is 8. The average molecular weight is 406 g/mol. The summed E-state index contributed by atoms with van der Waals surface area (Å²) in [5.74, 6) is 0.158. The minimum absolute atomic E-state index is 0.145. The summed E-state index contributed by atoms with van der Waals surface area (Å²) < 4.78 is 11.2. The number of carbonyl (C=O) groups excluding carboxylic acids is 2. The van der Waals surface area contributed by atoms with Gasteiger partial charge >= 0.3 is 0 Å². The van der Waals surface area contributed by atoms with Gasteiger partial charge in [-0.2, -0.15) is 0 Å². The van der Waals surface area contributed by atoms with Crippen molar-refractivity contribution in [2.24, 2.45) is 11.8 Å². The van der Waals surface area contributed by atoms with Crippen molar-refractivity contribution in [1.82, 2.24) is 10.6 Å². The molecule has 1 aliphatic carbocycles. The van der Waals surface area contributed by atoms with E-state index in [4.69, 9.17) is 29.9 Å². The fourth-order valence-corrected chi connectivity index (χ4v) is 2.58. The smallest absolute Gasteiger partial charge is 0.222 e. The second-order valence-electron chi connectivity index (χ2n) is 7.01. The Labute approximate surface area is 165 Å². The van der Waals surface area contributed by atoms with Crippen molar-refractivity contribution >= 4 is 11.8 Å². The highest BCUT2D eigenvalue weighted by atomic mass is 16.5. The van der Waals surface area contributed by atoms with Crippen molar-refractivity contribution in [1.29, 1.82) is 0 Å². The maximum absolute atomic E-state index is 11.6. The number of aliphatic hydroxyl groups is 4. The molecule has 0 aromatic carbocycles. The largest absolute Gasteiger partial charge is 0.394 e. The second kappa shape index (κ2) is 14.7. The minimum atomic E-state index is -0.651. The first-order valence-corrected chi connectivity index (χ1v) is 9.71. The number of rotatable bonds is 17. The molecule has 0 heterocycles. The van der Waals surface area contributed by atoms with E-state index in [1.807, 2.05) is 0 Å². The van der Waals surface area contributed by atoms with Crippen molar-refractivity contribution in [3.8, 4) is 0 Å². The molecule has 0 unspecified atom stereocenters. The zero-order valence-electron chi connectivity index (χ0n) is 16.2. The Morgan fingerprint density at radius 1 is 0.786 bits per heavy atom. The molecular formula is C18H34N2O8. The zero-order valence-corrected chi connectivity index (χ0v) is 16.2. The lowest BCUT2D eigenvalue weighted by Crippen LogP contribution is -2.40. The predicted octanol–water partition coefficient (Wildman–Crippen LogP) is -2.24. The maximum Gasteiger partial charge on any atom is 0.222 e. The molecule has 1 rings (SSSR count). The molecule has 0 aromatic heterocycles. The van der Waals surface area contributed by atoms with Crippen LogP contribution in [0.5, 0.6) is 0 Å². The van der Waals surface area contributed by atoms with Crippen molar-refractivity contribution < 1.29 is 39.5 Å². The Morgan fingerprint density at radius 2 is 1.18 bits per heavy atom. The maximum atomic E-state index is 11.6. The van der Waals surface area contributed by atoms with Crippen LogP contribution in [-0.4, -0.2) is 97.2 Å². The quantitative estimate of drug-likeness (QED) is 0.148. The van der Waals surface area contributed by atoms with Gasteiger partial charge in [-0.05, 0) is 18.8 Å². The van der Waals surface area contributed by atoms with Crippen LogP contribution in [0.4, 0.5) is 0 Å². The van der Waals surface area contributed by atoms with Crippen LogP contribution in [0.25, 0.3) is 0 Å². The molecule has 1 fully saturated rings. The summed E-state index contributed by atoms with van der Waals surface area (Å²) in [5.41, 5.74) is 0. The SMILES string of the molecule is O=C(CCOCC(COCCC(=O)NC(CO)CO)C1CC1)NC(CO)CO. The Balaban J connectivity index is 2.14. The predicted molar refractivity (Wildman–Crippen MR) is 99.3 cm³/mol. The van der Waals surface area contributed by atoms with Gasteiger partial charge in [0.1, 0.15) is 0 Å². The van der Waals surface area contributed by atoms with E-state index in [0.717, 1.165) is 12.8 Å². The minimum Gasteiger partial charge on any atom is -0.394 e. The Kier molecular flexibility index (Phi) is 13.0. The molecule has 10 nitrogen and oxygen atoms in total. The monoisotopic (exact) mass is 406 g/mol. The van der Waals surface area contributed by atoms with Gasteiger partial charge in [0.2, 0.25) is 11.8 Å². The van der Waals surface area contributed by atoms with E-state index in [9.17, 15) is 9.59 Å². The van der Waals surface area contributed by atoms with Gasteiger partial charge in [0.15, 0.2) is 0 Å². The topological polar surface area (TPSA) is 158 Å². The number of hydrogen-bond donors (Lipinski definition) is 6. The molecule has 1 saturated carbocycles. The summed E-state index contributed by atoms with van der Waals surface area (Å²) in [6.07, 6.45) is 2.51. The molecule has 164 valence electrons. The van der Waals surface area contributed by atoms with E-state index in [2.05, 4.69) is 10.6 Å². The van der Waals surface area contributed by atoms with Crippen LogP contribution in [0.2, 0.25) is 0 Å². The summed E-state index contributed by atoms with van der Waals surface area (Å²) in [4.78, 5) is 23.3. The Morgan fingerprint density at radius 3 is 1.50 bits per heavy atom. The number of aliphatic hydroxyl groups excluding tert-OH is 4. The first-order chi connectivity index (χ1) is 13.5. The molecule has 0 saturated heterocycles. The van der Waals surface area contributed by atoms with Crippen molar-refractivity contribution in [2.45, 2.75) is 37.8 Å². The highest BCUT2D eigenvalue weighted by Crippen LogP contribution is 2.37. The van der Waals surface area contributed by atoms with Gasteiger partial charge < -0.3 is 40.5 Å². The summed E-state index contributed by atoms with van der Waals surface area (Å²) in [7, 11) is 0. The van der Waals surface area contributed by atoms with Gasteiger partial charge in [0.05, 0.1) is 64.9 Å². The summed E-state index contributed by atoms with van der Waals surface area (Å²) in [5, 5.41) is 40.7. The van der Waals surface area contributed by atoms with E-state index in [0.29, 0.717) is 19.1 Å². The van der Waals surface area contributed by atoms with Crippen LogP contribution >= 0.6 is 0 Å². The summed E-state index contributed by atoms with van der Waals surface area (Å²) >= 11 is 0. The molecule has 0 atom stereocenters. The molecule has 0 aromatic rings. The normalized spacial score (nSPS) is 14.1.